The summed E-state index contributed by atoms with van der Waals surface area (Å²) in [5.74, 6) is 2.29. The maximum atomic E-state index is 4.68. The molecule has 0 unspecified atom stereocenters. The summed E-state index contributed by atoms with van der Waals surface area (Å²) in [5.41, 5.74) is 2.44. The predicted octanol–water partition coefficient (Wildman–Crippen LogP) is 3.61. The molecule has 122 valence electrons. The molecular formula is C18H25N5. The van der Waals surface area contributed by atoms with Crippen molar-refractivity contribution in [3.63, 3.8) is 0 Å². The summed E-state index contributed by atoms with van der Waals surface area (Å²) in [6.07, 6.45) is 8.17. The molecule has 1 fully saturated rings. The molecule has 0 saturated heterocycles. The van der Waals surface area contributed by atoms with Crippen LogP contribution in [0.3, 0.4) is 0 Å². The van der Waals surface area contributed by atoms with E-state index in [1.807, 2.05) is 24.5 Å². The van der Waals surface area contributed by atoms with Gasteiger partial charge in [-0.1, -0.05) is 6.92 Å². The molecule has 1 aliphatic rings. The van der Waals surface area contributed by atoms with Gasteiger partial charge in [0, 0.05) is 37.0 Å². The molecule has 3 rings (SSSR count). The number of anilines is 2. The van der Waals surface area contributed by atoms with Crippen molar-refractivity contribution in [2.75, 3.05) is 17.2 Å². The number of nitrogens with zero attached hydrogens (tertiary/aromatic N) is 3. The van der Waals surface area contributed by atoms with Crippen LogP contribution in [0.25, 0.3) is 0 Å². The van der Waals surface area contributed by atoms with Gasteiger partial charge in [0.25, 0.3) is 0 Å². The monoisotopic (exact) mass is 311 g/mol. The molecule has 0 aliphatic heterocycles. The molecule has 1 atom stereocenters. The molecular weight excluding hydrogens is 286 g/mol. The highest BCUT2D eigenvalue weighted by Crippen LogP contribution is 2.39. The molecule has 2 aromatic heterocycles. The topological polar surface area (TPSA) is 62.7 Å². The van der Waals surface area contributed by atoms with Gasteiger partial charge in [-0.25, -0.2) is 4.98 Å². The molecule has 0 amide bonds. The average Bonchev–Trinajstić information content (AvgIpc) is 3.40. The molecule has 0 aromatic carbocycles. The molecule has 1 saturated carbocycles. The zero-order chi connectivity index (χ0) is 16.1. The first-order chi connectivity index (χ1) is 11.2. The Balaban J connectivity index is 1.65. The van der Waals surface area contributed by atoms with Crippen LogP contribution in [0.15, 0.2) is 30.6 Å². The smallest absolute Gasteiger partial charge is 0.225 e. The minimum Gasteiger partial charge on any atom is -0.370 e. The first-order valence-corrected chi connectivity index (χ1v) is 8.53. The Labute approximate surface area is 138 Å². The van der Waals surface area contributed by atoms with Gasteiger partial charge in [0.2, 0.25) is 5.95 Å². The van der Waals surface area contributed by atoms with Gasteiger partial charge in [0.15, 0.2) is 0 Å². The summed E-state index contributed by atoms with van der Waals surface area (Å²) in [5, 5.41) is 6.83. The highest BCUT2D eigenvalue weighted by atomic mass is 15.2. The largest absolute Gasteiger partial charge is 0.370 e. The number of hydrogen-bond donors (Lipinski definition) is 2. The van der Waals surface area contributed by atoms with Gasteiger partial charge in [-0.15, -0.1) is 0 Å². The maximum Gasteiger partial charge on any atom is 0.225 e. The van der Waals surface area contributed by atoms with Crippen LogP contribution in [0.5, 0.6) is 0 Å². The highest BCUT2D eigenvalue weighted by molar-refractivity contribution is 5.44. The standard InChI is InChI=1S/C18H25N5/c1-3-13(2)21-18-22-16(15-4-5-15)12-17(23-18)20-11-8-14-6-9-19-10-7-14/h6-7,9-10,12-13,15H,3-5,8,11H2,1-2H3,(H2,20,21,22,23)/t13-/m1/s1. The Bertz CT molecular complexity index is 625. The molecule has 0 spiro atoms. The number of nitrogens with one attached hydrogen (secondary N) is 2. The lowest BCUT2D eigenvalue weighted by molar-refractivity contribution is 0.750. The minimum absolute atomic E-state index is 0.383. The van der Waals surface area contributed by atoms with Crippen LogP contribution in [0.2, 0.25) is 0 Å². The molecule has 1 aliphatic carbocycles. The third kappa shape index (κ3) is 4.65. The zero-order valence-corrected chi connectivity index (χ0v) is 13.9. The Kier molecular flexibility index (Phi) is 5.05. The van der Waals surface area contributed by atoms with E-state index in [2.05, 4.69) is 45.5 Å². The van der Waals surface area contributed by atoms with Crippen LogP contribution >= 0.6 is 0 Å². The lowest BCUT2D eigenvalue weighted by Gasteiger charge is -2.14. The van der Waals surface area contributed by atoms with Crippen molar-refractivity contribution in [3.05, 3.63) is 41.9 Å². The molecule has 2 heterocycles. The number of hydrogen-bond acceptors (Lipinski definition) is 5. The van der Waals surface area contributed by atoms with Crippen LogP contribution in [-0.2, 0) is 6.42 Å². The van der Waals surface area contributed by atoms with Gasteiger partial charge < -0.3 is 10.6 Å². The summed E-state index contributed by atoms with van der Waals surface area (Å²) in [7, 11) is 0. The summed E-state index contributed by atoms with van der Waals surface area (Å²) in [4.78, 5) is 13.3. The van der Waals surface area contributed by atoms with Crippen LogP contribution in [0, 0.1) is 0 Å². The summed E-state index contributed by atoms with van der Waals surface area (Å²) >= 11 is 0. The van der Waals surface area contributed by atoms with Crippen LogP contribution in [0.1, 0.15) is 50.3 Å². The van der Waals surface area contributed by atoms with Gasteiger partial charge in [0.1, 0.15) is 5.82 Å². The molecule has 5 nitrogen and oxygen atoms in total. The minimum atomic E-state index is 0.383. The second-order valence-electron chi connectivity index (χ2n) is 6.26. The molecule has 5 heteroatoms. The second-order valence-corrected chi connectivity index (χ2v) is 6.26. The third-order valence-corrected chi connectivity index (χ3v) is 4.20. The van der Waals surface area contributed by atoms with Crippen molar-refractivity contribution in [1.29, 1.82) is 0 Å². The van der Waals surface area contributed by atoms with Crippen LogP contribution < -0.4 is 10.6 Å². The lowest BCUT2D eigenvalue weighted by atomic mass is 10.2. The summed E-state index contributed by atoms with van der Waals surface area (Å²) < 4.78 is 0. The van der Waals surface area contributed by atoms with Crippen molar-refractivity contribution < 1.29 is 0 Å². The van der Waals surface area contributed by atoms with E-state index in [1.165, 1.54) is 18.4 Å². The maximum absolute atomic E-state index is 4.68. The van der Waals surface area contributed by atoms with E-state index < -0.39 is 0 Å². The molecule has 2 N–H and O–H groups in total. The SMILES string of the molecule is CC[C@@H](C)Nc1nc(NCCc2ccncc2)cc(C2CC2)n1. The molecule has 0 bridgehead atoms. The number of pyridine rings is 1. The first kappa shape index (κ1) is 15.7. The number of rotatable bonds is 8. The van der Waals surface area contributed by atoms with E-state index in [9.17, 15) is 0 Å². The van der Waals surface area contributed by atoms with Crippen LogP contribution in [-0.4, -0.2) is 27.5 Å². The average molecular weight is 311 g/mol. The fourth-order valence-corrected chi connectivity index (χ4v) is 2.42. The van der Waals surface area contributed by atoms with Crippen molar-refractivity contribution >= 4 is 11.8 Å². The van der Waals surface area contributed by atoms with Crippen molar-refractivity contribution in [2.24, 2.45) is 0 Å². The molecule has 0 radical (unpaired) electrons. The molecule has 23 heavy (non-hydrogen) atoms. The van der Waals surface area contributed by atoms with Crippen molar-refractivity contribution in [1.82, 2.24) is 15.0 Å². The highest BCUT2D eigenvalue weighted by Gasteiger charge is 2.26. The van der Waals surface area contributed by atoms with Gasteiger partial charge in [0.05, 0.1) is 5.69 Å². The quantitative estimate of drug-likeness (QED) is 0.779. The fourth-order valence-electron chi connectivity index (χ4n) is 2.42. The summed E-state index contributed by atoms with van der Waals surface area (Å²) in [6, 6.07) is 6.58. The van der Waals surface area contributed by atoms with E-state index in [0.29, 0.717) is 12.0 Å². The Hall–Kier alpha value is -2.17. The summed E-state index contributed by atoms with van der Waals surface area (Å²) in [6.45, 7) is 5.17. The van der Waals surface area contributed by atoms with E-state index in [1.54, 1.807) is 0 Å². The van der Waals surface area contributed by atoms with Gasteiger partial charge >= 0.3 is 0 Å². The van der Waals surface area contributed by atoms with Gasteiger partial charge in [-0.3, -0.25) is 4.98 Å². The lowest BCUT2D eigenvalue weighted by Crippen LogP contribution is -2.17. The van der Waals surface area contributed by atoms with Crippen molar-refractivity contribution in [3.8, 4) is 0 Å². The van der Waals surface area contributed by atoms with Gasteiger partial charge in [-0.05, 0) is 50.3 Å². The van der Waals surface area contributed by atoms with E-state index in [0.717, 1.165) is 36.8 Å². The van der Waals surface area contributed by atoms with E-state index in [4.69, 9.17) is 0 Å². The predicted molar refractivity (Wildman–Crippen MR) is 93.8 cm³/mol. The second kappa shape index (κ2) is 7.40. The van der Waals surface area contributed by atoms with Crippen molar-refractivity contribution in [2.45, 2.75) is 51.5 Å². The van der Waals surface area contributed by atoms with E-state index >= 15 is 0 Å². The number of aromatic nitrogens is 3. The van der Waals surface area contributed by atoms with Crippen LogP contribution in [0.4, 0.5) is 11.8 Å². The Morgan fingerprint density at radius 2 is 2.00 bits per heavy atom. The fraction of sp³-hybridized carbons (Fsp3) is 0.500. The third-order valence-electron chi connectivity index (χ3n) is 4.20. The molecule has 2 aromatic rings. The normalized spacial score (nSPS) is 15.2. The van der Waals surface area contributed by atoms with Gasteiger partial charge in [-0.2, -0.15) is 4.98 Å². The Morgan fingerprint density at radius 1 is 1.22 bits per heavy atom. The zero-order valence-electron chi connectivity index (χ0n) is 13.9. The van der Waals surface area contributed by atoms with E-state index in [-0.39, 0.29) is 0 Å². The Morgan fingerprint density at radius 3 is 2.70 bits per heavy atom. The first-order valence-electron chi connectivity index (χ1n) is 8.53.